The van der Waals surface area contributed by atoms with Gasteiger partial charge in [0.25, 0.3) is 0 Å². The molecule has 8 bridgehead atoms. The minimum absolute atomic E-state index is 0.0639. The van der Waals surface area contributed by atoms with Crippen LogP contribution in [0.1, 0.15) is 61.2 Å². The third-order valence-electron chi connectivity index (χ3n) is 10.6. The number of carbonyl (C=O) groups is 2. The van der Waals surface area contributed by atoms with Crippen molar-refractivity contribution in [1.29, 1.82) is 0 Å². The predicted molar refractivity (Wildman–Crippen MR) is 208 cm³/mol. The molecule has 7 heterocycles. The third-order valence-corrected chi connectivity index (χ3v) is 10.6. The van der Waals surface area contributed by atoms with E-state index in [1.165, 1.54) is 14.2 Å². The molecule has 0 spiro atoms. The van der Waals surface area contributed by atoms with Gasteiger partial charge in [-0.15, -0.1) is 0 Å². The van der Waals surface area contributed by atoms with Crippen LogP contribution in [0.4, 0.5) is 0 Å². The fraction of sp³-hybridized carbons (Fsp3) is 0.186. The van der Waals surface area contributed by atoms with Crippen LogP contribution in [0, 0.1) is 0 Å². The smallest absolute Gasteiger partial charge is 0.359 e. The first-order valence-electron chi connectivity index (χ1n) is 17.8. The number of esters is 2. The largest absolute Gasteiger partial charge is 0.497 e. The molecule has 55 heavy (non-hydrogen) atoms. The molecule has 2 N–H and O–H groups in total. The van der Waals surface area contributed by atoms with Crippen molar-refractivity contribution < 1.29 is 28.5 Å². The van der Waals surface area contributed by atoms with E-state index in [0.29, 0.717) is 18.7 Å². The summed E-state index contributed by atoms with van der Waals surface area (Å²) in [6.07, 6.45) is 4.43. The Balaban J connectivity index is 1.34. The lowest BCUT2D eigenvalue weighted by Gasteiger charge is -2.28. The molecule has 274 valence electrons. The van der Waals surface area contributed by atoms with Gasteiger partial charge in [-0.1, -0.05) is 24.3 Å². The minimum atomic E-state index is -0.701. The molecule has 12 heteroatoms. The lowest BCUT2D eigenvalue weighted by atomic mass is 9.80. The van der Waals surface area contributed by atoms with Gasteiger partial charge < -0.3 is 28.9 Å². The number of H-pyrrole nitrogens is 2. The van der Waals surface area contributed by atoms with Crippen LogP contribution in [0.15, 0.2) is 84.9 Å². The molecule has 0 fully saturated rings. The van der Waals surface area contributed by atoms with Gasteiger partial charge in [0.05, 0.1) is 57.8 Å². The highest BCUT2D eigenvalue weighted by Crippen LogP contribution is 2.48. The molecule has 2 atom stereocenters. The van der Waals surface area contributed by atoms with Gasteiger partial charge in [0.2, 0.25) is 0 Å². The van der Waals surface area contributed by atoms with Crippen LogP contribution in [-0.2, 0) is 22.4 Å². The first-order chi connectivity index (χ1) is 26.8. The van der Waals surface area contributed by atoms with E-state index in [9.17, 15) is 9.59 Å². The van der Waals surface area contributed by atoms with Gasteiger partial charge >= 0.3 is 11.9 Å². The fourth-order valence-electron chi connectivity index (χ4n) is 7.95. The molecular formula is C43H36N6O6. The Bertz CT molecular complexity index is 2710. The van der Waals surface area contributed by atoms with E-state index >= 15 is 0 Å². The van der Waals surface area contributed by atoms with Crippen LogP contribution >= 0.6 is 0 Å². The Morgan fingerprint density at radius 1 is 0.691 bits per heavy atom. The zero-order chi connectivity index (χ0) is 37.8. The molecule has 0 saturated carbocycles. The van der Waals surface area contributed by atoms with Crippen molar-refractivity contribution in [3.8, 4) is 33.8 Å². The van der Waals surface area contributed by atoms with Gasteiger partial charge in [-0.05, 0) is 90.4 Å². The van der Waals surface area contributed by atoms with Gasteiger partial charge in [0.15, 0.2) is 5.69 Å². The standard InChI is InChI=1S/C43H36N6O6/c1-52-28-12-5-23(6-13-28)37-32-16-9-25(44-32)19-26-10-18-34(45-26)38(24-7-14-29(53-2)15-8-24)40-30-21-36-39(42(50)54-3)41(43(51)55-4)48-49(36)22-31(30)35(47-40)20-27-11-17-33(37)46-27/h5-20,30-31,45-46H,21-22H2,1-4H3. The zero-order valence-corrected chi connectivity index (χ0v) is 30.5. The van der Waals surface area contributed by atoms with E-state index < -0.39 is 11.9 Å². The maximum Gasteiger partial charge on any atom is 0.359 e. The lowest BCUT2D eigenvalue weighted by molar-refractivity contribution is 0.0551. The zero-order valence-electron chi connectivity index (χ0n) is 30.5. The SMILES string of the molecule is COC(=O)c1nn2c(c1C(=O)OC)CC1c3nc(cc4ccc([nH]4)c(-c4ccc(OC)cc4)c4nc(cc5ccc([nH]5)c3-c3ccc(OC)cc3)C=C4)C1C2. The molecule has 3 aliphatic heterocycles. The van der Waals surface area contributed by atoms with E-state index in [0.717, 1.165) is 78.6 Å². The van der Waals surface area contributed by atoms with Crippen LogP contribution in [0.25, 0.3) is 56.5 Å². The van der Waals surface area contributed by atoms with Gasteiger partial charge in [0, 0.05) is 50.7 Å². The number of rotatable bonds is 6. The van der Waals surface area contributed by atoms with Crippen molar-refractivity contribution in [2.45, 2.75) is 24.8 Å². The second kappa shape index (κ2) is 13.5. The van der Waals surface area contributed by atoms with Gasteiger partial charge in [0.1, 0.15) is 17.1 Å². The van der Waals surface area contributed by atoms with Crippen molar-refractivity contribution >= 4 is 46.2 Å². The molecule has 12 nitrogen and oxygen atoms in total. The summed E-state index contributed by atoms with van der Waals surface area (Å²) in [5.41, 5.74) is 11.2. The van der Waals surface area contributed by atoms with Crippen LogP contribution in [0.5, 0.6) is 11.5 Å². The summed E-state index contributed by atoms with van der Waals surface area (Å²) >= 11 is 0. The monoisotopic (exact) mass is 732 g/mol. The molecule has 4 aromatic heterocycles. The molecule has 0 aliphatic carbocycles. The third kappa shape index (κ3) is 5.82. The highest BCUT2D eigenvalue weighted by molar-refractivity contribution is 6.03. The molecule has 0 radical (unpaired) electrons. The van der Waals surface area contributed by atoms with Crippen molar-refractivity contribution in [2.24, 2.45) is 0 Å². The van der Waals surface area contributed by atoms with Crippen molar-refractivity contribution in [1.82, 2.24) is 29.7 Å². The summed E-state index contributed by atoms with van der Waals surface area (Å²) in [4.78, 5) is 44.0. The minimum Gasteiger partial charge on any atom is -0.497 e. The molecular weight excluding hydrogens is 697 g/mol. The topological polar surface area (TPSA) is 146 Å². The molecule has 3 aliphatic rings. The number of nitrogens with zero attached hydrogens (tertiary/aromatic N) is 4. The number of fused-ring (bicyclic) bond motifs is 12. The Hall–Kier alpha value is -6.95. The van der Waals surface area contributed by atoms with Crippen LogP contribution in [-0.4, -0.2) is 70.1 Å². The number of ether oxygens (including phenoxy) is 4. The number of hydrogen-bond donors (Lipinski definition) is 2. The molecule has 9 rings (SSSR count). The van der Waals surface area contributed by atoms with Gasteiger partial charge in [-0.2, -0.15) is 5.10 Å². The van der Waals surface area contributed by atoms with Crippen molar-refractivity contribution in [3.63, 3.8) is 0 Å². The Morgan fingerprint density at radius 3 is 1.95 bits per heavy atom. The van der Waals surface area contributed by atoms with E-state index in [1.807, 2.05) is 78.9 Å². The first kappa shape index (κ1) is 33.9. The number of nitrogens with one attached hydrogen (secondary N) is 2. The number of carbonyl (C=O) groups excluding carboxylic acids is 2. The summed E-state index contributed by atoms with van der Waals surface area (Å²) in [6, 6.07) is 28.2. The molecule has 0 amide bonds. The van der Waals surface area contributed by atoms with E-state index in [2.05, 4.69) is 33.3 Å². The number of hydrogen-bond acceptors (Lipinski definition) is 9. The second-order valence-corrected chi connectivity index (χ2v) is 13.6. The number of methoxy groups -OCH3 is 4. The van der Waals surface area contributed by atoms with E-state index in [1.54, 1.807) is 18.9 Å². The number of aromatic amines is 2. The Morgan fingerprint density at radius 2 is 1.31 bits per heavy atom. The van der Waals surface area contributed by atoms with Crippen molar-refractivity contribution in [2.75, 3.05) is 28.4 Å². The average Bonchev–Trinajstić information content (AvgIpc) is 4.07. The lowest BCUT2D eigenvalue weighted by Crippen LogP contribution is -2.25. The number of benzene rings is 2. The van der Waals surface area contributed by atoms with Crippen molar-refractivity contribution in [3.05, 3.63) is 125 Å². The summed E-state index contributed by atoms with van der Waals surface area (Å²) in [7, 11) is 5.86. The summed E-state index contributed by atoms with van der Waals surface area (Å²) in [5, 5.41) is 4.62. The number of aromatic nitrogens is 6. The van der Waals surface area contributed by atoms with Gasteiger partial charge in [-0.25, -0.2) is 14.6 Å². The van der Waals surface area contributed by atoms with E-state index in [4.69, 9.17) is 28.9 Å². The predicted octanol–water partition coefficient (Wildman–Crippen LogP) is 7.73. The summed E-state index contributed by atoms with van der Waals surface area (Å²) in [5.74, 6) is -0.193. The summed E-state index contributed by atoms with van der Waals surface area (Å²) in [6.45, 7) is 0.371. The maximum absolute atomic E-state index is 13.2. The second-order valence-electron chi connectivity index (χ2n) is 13.6. The quantitative estimate of drug-likeness (QED) is 0.164. The molecule has 2 aromatic carbocycles. The Kier molecular flexibility index (Phi) is 8.29. The molecule has 6 aromatic rings. The van der Waals surface area contributed by atoms with Crippen LogP contribution in [0.3, 0.4) is 0 Å². The molecule has 0 saturated heterocycles. The summed E-state index contributed by atoms with van der Waals surface area (Å²) < 4.78 is 22.9. The highest BCUT2D eigenvalue weighted by atomic mass is 16.5. The van der Waals surface area contributed by atoms with Gasteiger partial charge in [-0.3, -0.25) is 9.67 Å². The van der Waals surface area contributed by atoms with Crippen LogP contribution in [0.2, 0.25) is 0 Å². The Labute approximate surface area is 315 Å². The fourth-order valence-corrected chi connectivity index (χ4v) is 7.95. The molecule has 2 unspecified atom stereocenters. The maximum atomic E-state index is 13.2. The normalized spacial score (nSPS) is 15.6. The average molecular weight is 733 g/mol. The van der Waals surface area contributed by atoms with Crippen LogP contribution < -0.4 is 9.47 Å². The first-order valence-corrected chi connectivity index (χ1v) is 17.8. The van der Waals surface area contributed by atoms with E-state index in [-0.39, 0.29) is 23.1 Å². The highest BCUT2D eigenvalue weighted by Gasteiger charge is 2.42.